The van der Waals surface area contributed by atoms with Crippen molar-refractivity contribution in [2.75, 3.05) is 29.4 Å². The third-order valence-electron chi connectivity index (χ3n) is 6.72. The average molecular weight is 587 g/mol. The zero-order valence-corrected chi connectivity index (χ0v) is 20.8. The molecule has 41 heavy (non-hydrogen) atoms. The first-order valence-electron chi connectivity index (χ1n) is 12.0. The molecular weight excluding hydrogens is 569 g/mol. The van der Waals surface area contributed by atoms with Gasteiger partial charge in [0.25, 0.3) is 0 Å². The summed E-state index contributed by atoms with van der Waals surface area (Å²) >= 11 is 0. The Kier molecular flexibility index (Phi) is 6.86. The Labute approximate surface area is 225 Å². The molecule has 1 atom stereocenters. The number of benzene rings is 2. The highest BCUT2D eigenvalue weighted by Crippen LogP contribution is 2.39. The molecule has 0 unspecified atom stereocenters. The van der Waals surface area contributed by atoms with E-state index in [1.165, 1.54) is 4.90 Å². The number of pyridine rings is 1. The zero-order chi connectivity index (χ0) is 29.9. The number of alkyl halides is 6. The quantitative estimate of drug-likeness (QED) is 0.166. The third-order valence-corrected chi connectivity index (χ3v) is 6.72. The number of anilines is 2. The molecule has 1 N–H and O–H groups in total. The highest BCUT2D eigenvalue weighted by Gasteiger charge is 2.38. The summed E-state index contributed by atoms with van der Waals surface area (Å²) in [6, 6.07) is 2.69. The van der Waals surface area contributed by atoms with Crippen molar-refractivity contribution in [2.45, 2.75) is 25.3 Å². The summed E-state index contributed by atoms with van der Waals surface area (Å²) < 4.78 is 124. The number of H-pyrrole nitrogens is 1. The van der Waals surface area contributed by atoms with Crippen LogP contribution in [-0.2, 0) is 12.4 Å². The minimum absolute atomic E-state index is 0.00258. The maximum absolute atomic E-state index is 14.0. The van der Waals surface area contributed by atoms with E-state index in [1.807, 2.05) is 0 Å². The Bertz CT molecular complexity index is 1620. The second kappa shape index (κ2) is 9.96. The fourth-order valence-electron chi connectivity index (χ4n) is 4.80. The fourth-order valence-corrected chi connectivity index (χ4v) is 4.80. The molecule has 0 saturated carbocycles. The van der Waals surface area contributed by atoms with E-state index in [0.717, 1.165) is 12.3 Å². The molecule has 5 rings (SSSR count). The second-order valence-electron chi connectivity index (χ2n) is 9.48. The van der Waals surface area contributed by atoms with Crippen molar-refractivity contribution in [3.05, 3.63) is 70.7 Å². The van der Waals surface area contributed by atoms with Gasteiger partial charge in [0.15, 0.2) is 23.7 Å². The predicted octanol–water partition coefficient (Wildman–Crippen LogP) is 6.61. The van der Waals surface area contributed by atoms with Gasteiger partial charge in [0.2, 0.25) is 5.95 Å². The van der Waals surface area contributed by atoms with Crippen molar-refractivity contribution in [3.63, 3.8) is 0 Å². The highest BCUT2D eigenvalue weighted by molar-refractivity contribution is 5.94. The maximum atomic E-state index is 14.0. The number of rotatable bonds is 4. The van der Waals surface area contributed by atoms with Crippen LogP contribution < -0.4 is 9.80 Å². The summed E-state index contributed by atoms with van der Waals surface area (Å²) in [5.41, 5.74) is -3.38. The highest BCUT2D eigenvalue weighted by atomic mass is 19.4. The lowest BCUT2D eigenvalue weighted by atomic mass is 10.0. The van der Waals surface area contributed by atoms with E-state index in [0.29, 0.717) is 24.3 Å². The number of hydrogen-bond donors (Lipinski definition) is 1. The number of nitrogens with zero attached hydrogens (tertiary/aromatic N) is 4. The Morgan fingerprint density at radius 3 is 2.22 bits per heavy atom. The van der Waals surface area contributed by atoms with Gasteiger partial charge in [-0.1, -0.05) is 0 Å². The van der Waals surface area contributed by atoms with Crippen molar-refractivity contribution in [1.29, 1.82) is 0 Å². The molecule has 3 heterocycles. The molecule has 2 aromatic carbocycles. The van der Waals surface area contributed by atoms with Gasteiger partial charge in [-0.15, -0.1) is 0 Å². The zero-order valence-electron chi connectivity index (χ0n) is 20.8. The van der Waals surface area contributed by atoms with Crippen molar-refractivity contribution >= 4 is 29.1 Å². The number of halogens is 9. The first kappa shape index (κ1) is 28.2. The van der Waals surface area contributed by atoms with Crippen molar-refractivity contribution in [3.8, 4) is 11.1 Å². The Morgan fingerprint density at radius 2 is 1.63 bits per heavy atom. The van der Waals surface area contributed by atoms with Crippen LogP contribution in [0.4, 0.5) is 51.3 Å². The van der Waals surface area contributed by atoms with Crippen molar-refractivity contribution < 1.29 is 44.3 Å². The van der Waals surface area contributed by atoms with E-state index < -0.39 is 47.0 Å². The molecule has 1 saturated heterocycles. The lowest BCUT2D eigenvalue weighted by Crippen LogP contribution is -2.53. The van der Waals surface area contributed by atoms with Gasteiger partial charge in [0, 0.05) is 43.0 Å². The molecule has 15 heteroatoms. The number of hydrogen-bond acceptors (Lipinski definition) is 5. The first-order valence-corrected chi connectivity index (χ1v) is 12.0. The average Bonchev–Trinajstić information content (AvgIpc) is 3.33. The molecule has 1 fully saturated rings. The van der Waals surface area contributed by atoms with E-state index in [4.69, 9.17) is 0 Å². The molecule has 0 radical (unpaired) electrons. The number of aromatic nitrogens is 3. The normalized spacial score (nSPS) is 16.5. The summed E-state index contributed by atoms with van der Waals surface area (Å²) in [4.78, 5) is 24.9. The Hall–Kier alpha value is -4.30. The lowest BCUT2D eigenvalue weighted by Gasteiger charge is -2.41. The fraction of sp³-hybridized carbons (Fsp3) is 0.269. The number of imidazole rings is 1. The number of carbonyl (C=O) groups excluding carboxylic acids is 1. The number of aldehydes is 1. The van der Waals surface area contributed by atoms with Crippen LogP contribution in [0.1, 0.15) is 28.4 Å². The van der Waals surface area contributed by atoms with E-state index in [-0.39, 0.29) is 65.4 Å². The molecule has 1 aliphatic rings. The van der Waals surface area contributed by atoms with Gasteiger partial charge < -0.3 is 14.8 Å². The number of piperazine rings is 1. The number of nitrogens with one attached hydrogen (secondary N) is 1. The molecule has 4 aromatic rings. The molecule has 2 aromatic heterocycles. The van der Waals surface area contributed by atoms with Gasteiger partial charge in [-0.3, -0.25) is 4.79 Å². The minimum Gasteiger partial charge on any atom is -0.352 e. The molecule has 1 aliphatic heterocycles. The minimum atomic E-state index is -4.84. The SMILES string of the molecule is C[C@@H]1CN(c2ncc(C=O)cc2C(F)(F)F)CCN1c1nc2c(-c3cc(F)c(F)c(F)c3)cc(C(F)(F)F)cc2[nH]1. The van der Waals surface area contributed by atoms with E-state index >= 15 is 0 Å². The Morgan fingerprint density at radius 1 is 0.951 bits per heavy atom. The molecule has 216 valence electrons. The standard InChI is InChI=1S/C26H18F9N5O/c1-12-10-39(23-17(26(33,34)35)4-13(11-41)9-36-23)2-3-40(12)24-37-20-8-15(25(30,31)32)7-16(22(20)38-24)14-5-18(27)21(29)19(28)6-14/h4-9,11-12H,2-3,10H2,1H3,(H,37,38)/t12-/m1/s1. The molecular formula is C26H18F9N5O. The third kappa shape index (κ3) is 5.27. The smallest absolute Gasteiger partial charge is 0.352 e. The molecule has 0 aliphatic carbocycles. The van der Waals surface area contributed by atoms with Gasteiger partial charge in [0.1, 0.15) is 5.82 Å². The van der Waals surface area contributed by atoms with E-state index in [1.54, 1.807) is 11.8 Å². The van der Waals surface area contributed by atoms with Crippen molar-refractivity contribution in [1.82, 2.24) is 15.0 Å². The van der Waals surface area contributed by atoms with E-state index in [2.05, 4.69) is 15.0 Å². The van der Waals surface area contributed by atoms with E-state index in [9.17, 15) is 44.3 Å². The van der Waals surface area contributed by atoms with Crippen LogP contribution in [0.15, 0.2) is 36.5 Å². The molecule has 0 amide bonds. The van der Waals surface area contributed by atoms with Crippen LogP contribution in [0.2, 0.25) is 0 Å². The molecule has 6 nitrogen and oxygen atoms in total. The van der Waals surface area contributed by atoms with Crippen LogP contribution >= 0.6 is 0 Å². The van der Waals surface area contributed by atoms with Gasteiger partial charge in [-0.25, -0.2) is 23.1 Å². The molecule has 0 bridgehead atoms. The summed E-state index contributed by atoms with van der Waals surface area (Å²) in [5, 5.41) is 0. The van der Waals surface area contributed by atoms with Crippen LogP contribution in [0, 0.1) is 17.5 Å². The summed E-state index contributed by atoms with van der Waals surface area (Å²) in [6.45, 7) is 1.73. The Balaban J connectivity index is 1.52. The topological polar surface area (TPSA) is 65.1 Å². The largest absolute Gasteiger partial charge is 0.419 e. The monoisotopic (exact) mass is 587 g/mol. The number of carbonyl (C=O) groups is 1. The predicted molar refractivity (Wildman–Crippen MR) is 130 cm³/mol. The van der Waals surface area contributed by atoms with Crippen molar-refractivity contribution in [2.24, 2.45) is 0 Å². The summed E-state index contributed by atoms with van der Waals surface area (Å²) in [5.74, 6) is -5.29. The summed E-state index contributed by atoms with van der Waals surface area (Å²) in [6.07, 6.45) is -8.35. The number of fused-ring (bicyclic) bond motifs is 1. The van der Waals surface area contributed by atoms with Gasteiger partial charge in [-0.2, -0.15) is 26.3 Å². The first-order chi connectivity index (χ1) is 19.2. The lowest BCUT2D eigenvalue weighted by molar-refractivity contribution is -0.138. The van der Waals surface area contributed by atoms with Gasteiger partial charge in [0.05, 0.1) is 22.2 Å². The van der Waals surface area contributed by atoms with Gasteiger partial charge in [-0.05, 0) is 42.8 Å². The molecule has 0 spiro atoms. The number of aromatic amines is 1. The van der Waals surface area contributed by atoms with Crippen LogP contribution in [0.3, 0.4) is 0 Å². The van der Waals surface area contributed by atoms with Gasteiger partial charge >= 0.3 is 12.4 Å². The maximum Gasteiger partial charge on any atom is 0.419 e. The van der Waals surface area contributed by atoms with Crippen LogP contribution in [-0.4, -0.2) is 46.9 Å². The summed E-state index contributed by atoms with van der Waals surface area (Å²) in [7, 11) is 0. The second-order valence-corrected chi connectivity index (χ2v) is 9.48. The van der Waals surface area contributed by atoms with Crippen LogP contribution in [0.5, 0.6) is 0 Å². The van der Waals surface area contributed by atoms with Crippen LogP contribution in [0.25, 0.3) is 22.2 Å².